The molecule has 0 aliphatic rings. The van der Waals surface area contributed by atoms with Crippen LogP contribution in [0.4, 0.5) is 0 Å². The van der Waals surface area contributed by atoms with Crippen LogP contribution in [0.2, 0.25) is 0 Å². The van der Waals surface area contributed by atoms with Gasteiger partial charge >= 0.3 is 5.69 Å². The Morgan fingerprint density at radius 2 is 2.19 bits per heavy atom. The molecule has 16 heavy (non-hydrogen) atoms. The fourth-order valence-corrected chi connectivity index (χ4v) is 1.48. The molecule has 0 saturated carbocycles. The predicted octanol–water partition coefficient (Wildman–Crippen LogP) is 0.618. The standard InChI is InChI=1S/C11H11N3O2/c1-2-14-10(15)7-9(13-11(14)16)8-5-3-4-6-12-8/h3-7H,2H2,1H3,(H,13,16). The smallest absolute Gasteiger partial charge is 0.305 e. The van der Waals surface area contributed by atoms with Gasteiger partial charge in [-0.3, -0.25) is 14.3 Å². The Balaban J connectivity index is 2.62. The Morgan fingerprint density at radius 1 is 1.38 bits per heavy atom. The van der Waals surface area contributed by atoms with Gasteiger partial charge in [0.15, 0.2) is 0 Å². The fraction of sp³-hybridized carbons (Fsp3) is 0.182. The van der Waals surface area contributed by atoms with Crippen molar-refractivity contribution < 1.29 is 0 Å². The highest BCUT2D eigenvalue weighted by Crippen LogP contribution is 2.08. The van der Waals surface area contributed by atoms with Crippen molar-refractivity contribution in [2.24, 2.45) is 0 Å². The lowest BCUT2D eigenvalue weighted by atomic mass is 10.2. The van der Waals surface area contributed by atoms with E-state index in [0.29, 0.717) is 17.9 Å². The second-order valence-electron chi connectivity index (χ2n) is 3.29. The molecule has 5 heteroatoms. The van der Waals surface area contributed by atoms with Gasteiger partial charge in [-0.2, -0.15) is 0 Å². The zero-order valence-electron chi connectivity index (χ0n) is 8.80. The van der Waals surface area contributed by atoms with Crippen LogP contribution in [0.1, 0.15) is 6.92 Å². The molecule has 0 saturated heterocycles. The third-order valence-corrected chi connectivity index (χ3v) is 2.28. The molecule has 82 valence electrons. The molecule has 2 aromatic heterocycles. The quantitative estimate of drug-likeness (QED) is 0.801. The number of nitrogens with one attached hydrogen (secondary N) is 1. The van der Waals surface area contributed by atoms with Crippen molar-refractivity contribution >= 4 is 0 Å². The first-order valence-electron chi connectivity index (χ1n) is 4.98. The van der Waals surface area contributed by atoms with Gasteiger partial charge in [-0.05, 0) is 19.1 Å². The molecule has 0 radical (unpaired) electrons. The Labute approximate surface area is 91.4 Å². The molecule has 0 bridgehead atoms. The average Bonchev–Trinajstić information content (AvgIpc) is 2.30. The normalized spacial score (nSPS) is 10.3. The molecule has 1 N–H and O–H groups in total. The van der Waals surface area contributed by atoms with Gasteiger partial charge in [0, 0.05) is 18.8 Å². The number of hydrogen-bond donors (Lipinski definition) is 1. The SMILES string of the molecule is CCn1c(=O)cc(-c2ccccn2)[nH]c1=O. The lowest BCUT2D eigenvalue weighted by molar-refractivity contribution is 0.674. The minimum Gasteiger partial charge on any atom is -0.305 e. The van der Waals surface area contributed by atoms with Gasteiger partial charge in [-0.15, -0.1) is 0 Å². The highest BCUT2D eigenvalue weighted by Gasteiger charge is 2.04. The lowest BCUT2D eigenvalue weighted by Gasteiger charge is -2.03. The summed E-state index contributed by atoms with van der Waals surface area (Å²) in [7, 11) is 0. The van der Waals surface area contributed by atoms with Crippen LogP contribution < -0.4 is 11.2 Å². The summed E-state index contributed by atoms with van der Waals surface area (Å²) in [5.74, 6) is 0. The molecule has 0 spiro atoms. The van der Waals surface area contributed by atoms with Crippen molar-refractivity contribution in [3.05, 3.63) is 51.3 Å². The van der Waals surface area contributed by atoms with Crippen LogP contribution in [0.5, 0.6) is 0 Å². The average molecular weight is 217 g/mol. The molecule has 5 nitrogen and oxygen atoms in total. The second-order valence-corrected chi connectivity index (χ2v) is 3.29. The summed E-state index contributed by atoms with van der Waals surface area (Å²) in [4.78, 5) is 29.8. The number of aromatic nitrogens is 3. The molecule has 2 heterocycles. The molecule has 0 unspecified atom stereocenters. The number of aromatic amines is 1. The van der Waals surface area contributed by atoms with E-state index in [2.05, 4.69) is 9.97 Å². The van der Waals surface area contributed by atoms with E-state index >= 15 is 0 Å². The first-order valence-corrected chi connectivity index (χ1v) is 4.98. The number of pyridine rings is 1. The molecule has 0 aliphatic carbocycles. The number of rotatable bonds is 2. The van der Waals surface area contributed by atoms with Crippen molar-refractivity contribution in [3.63, 3.8) is 0 Å². The maximum Gasteiger partial charge on any atom is 0.328 e. The molecule has 0 amide bonds. The van der Waals surface area contributed by atoms with E-state index in [0.717, 1.165) is 4.57 Å². The van der Waals surface area contributed by atoms with Gasteiger partial charge in [0.05, 0.1) is 11.4 Å². The van der Waals surface area contributed by atoms with Crippen molar-refractivity contribution in [2.45, 2.75) is 13.5 Å². The van der Waals surface area contributed by atoms with Crippen LogP contribution in [-0.4, -0.2) is 14.5 Å². The summed E-state index contributed by atoms with van der Waals surface area (Å²) in [6, 6.07) is 6.69. The zero-order valence-corrected chi connectivity index (χ0v) is 8.80. The summed E-state index contributed by atoms with van der Waals surface area (Å²) in [6.45, 7) is 2.10. The van der Waals surface area contributed by atoms with E-state index in [9.17, 15) is 9.59 Å². The van der Waals surface area contributed by atoms with E-state index in [1.165, 1.54) is 6.07 Å². The summed E-state index contributed by atoms with van der Waals surface area (Å²) < 4.78 is 1.13. The molecule has 0 aliphatic heterocycles. The third kappa shape index (κ3) is 1.79. The zero-order chi connectivity index (χ0) is 11.5. The minimum atomic E-state index is -0.407. The maximum atomic E-state index is 11.6. The molecular formula is C11H11N3O2. The van der Waals surface area contributed by atoms with Crippen LogP contribution in [0.25, 0.3) is 11.4 Å². The van der Waals surface area contributed by atoms with Crippen molar-refractivity contribution in [3.8, 4) is 11.4 Å². The minimum absolute atomic E-state index is 0.313. The Kier molecular flexibility index (Phi) is 2.68. The van der Waals surface area contributed by atoms with Gasteiger partial charge in [-0.25, -0.2) is 4.79 Å². The molecule has 0 fully saturated rings. The Hall–Kier alpha value is -2.17. The monoisotopic (exact) mass is 217 g/mol. The van der Waals surface area contributed by atoms with E-state index < -0.39 is 5.69 Å². The van der Waals surface area contributed by atoms with Gasteiger partial charge < -0.3 is 4.98 Å². The molecule has 0 aromatic carbocycles. The highest BCUT2D eigenvalue weighted by molar-refractivity contribution is 5.52. The summed E-state index contributed by atoms with van der Waals surface area (Å²) in [5, 5.41) is 0. The fourth-order valence-electron chi connectivity index (χ4n) is 1.48. The maximum absolute atomic E-state index is 11.6. The predicted molar refractivity (Wildman–Crippen MR) is 60.2 cm³/mol. The van der Waals surface area contributed by atoms with Crippen LogP contribution >= 0.6 is 0 Å². The summed E-state index contributed by atoms with van der Waals surface area (Å²) in [6.07, 6.45) is 1.61. The van der Waals surface area contributed by atoms with Crippen LogP contribution in [-0.2, 0) is 6.54 Å². The van der Waals surface area contributed by atoms with Crippen LogP contribution in [0.3, 0.4) is 0 Å². The van der Waals surface area contributed by atoms with Gasteiger partial charge in [0.25, 0.3) is 5.56 Å². The molecule has 2 aromatic rings. The Morgan fingerprint density at radius 3 is 2.75 bits per heavy atom. The van der Waals surface area contributed by atoms with Gasteiger partial charge in [0.1, 0.15) is 0 Å². The van der Waals surface area contributed by atoms with Crippen molar-refractivity contribution in [1.29, 1.82) is 0 Å². The second kappa shape index (κ2) is 4.14. The first kappa shape index (κ1) is 10.4. The molecule has 0 atom stereocenters. The number of hydrogen-bond acceptors (Lipinski definition) is 3. The summed E-state index contributed by atoms with van der Waals surface area (Å²) >= 11 is 0. The van der Waals surface area contributed by atoms with Gasteiger partial charge in [0.2, 0.25) is 0 Å². The van der Waals surface area contributed by atoms with E-state index in [-0.39, 0.29) is 5.56 Å². The van der Waals surface area contributed by atoms with Crippen LogP contribution in [0, 0.1) is 0 Å². The number of nitrogens with zero attached hydrogens (tertiary/aromatic N) is 2. The van der Waals surface area contributed by atoms with Crippen molar-refractivity contribution in [2.75, 3.05) is 0 Å². The van der Waals surface area contributed by atoms with E-state index in [1.807, 2.05) is 0 Å². The largest absolute Gasteiger partial charge is 0.328 e. The highest BCUT2D eigenvalue weighted by atomic mass is 16.2. The van der Waals surface area contributed by atoms with Gasteiger partial charge in [-0.1, -0.05) is 6.07 Å². The summed E-state index contributed by atoms with van der Waals surface area (Å²) in [5.41, 5.74) is 0.308. The van der Waals surface area contributed by atoms with E-state index in [4.69, 9.17) is 0 Å². The molecular weight excluding hydrogens is 206 g/mol. The van der Waals surface area contributed by atoms with Crippen molar-refractivity contribution in [1.82, 2.24) is 14.5 Å². The Bertz CT molecular complexity index is 567. The number of H-pyrrole nitrogens is 1. The van der Waals surface area contributed by atoms with Crippen LogP contribution in [0.15, 0.2) is 40.1 Å². The third-order valence-electron chi connectivity index (χ3n) is 2.28. The lowest BCUT2D eigenvalue weighted by Crippen LogP contribution is -2.34. The molecule has 2 rings (SSSR count). The first-order chi connectivity index (χ1) is 7.72. The topological polar surface area (TPSA) is 67.8 Å². The van der Waals surface area contributed by atoms with E-state index in [1.54, 1.807) is 31.3 Å².